The Hall–Kier alpha value is -2.19. The van der Waals surface area contributed by atoms with Gasteiger partial charge in [0, 0.05) is 24.7 Å². The molecule has 2 heterocycles. The molecular weight excluding hydrogens is 455 g/mol. The molecule has 0 aromatic heterocycles. The van der Waals surface area contributed by atoms with E-state index in [0.29, 0.717) is 53.2 Å². The number of hydrogen-bond donors (Lipinski definition) is 2. The molecule has 32 heavy (non-hydrogen) atoms. The van der Waals surface area contributed by atoms with E-state index in [0.717, 1.165) is 18.5 Å². The summed E-state index contributed by atoms with van der Waals surface area (Å²) in [6, 6.07) is 10.7. The fraction of sp³-hybridized carbons (Fsp3) is 0.435. The van der Waals surface area contributed by atoms with Crippen LogP contribution in [-0.4, -0.2) is 54.5 Å². The summed E-state index contributed by atoms with van der Waals surface area (Å²) in [5.74, 6) is 1.88. The maximum atomic E-state index is 12.5. The quantitative estimate of drug-likeness (QED) is 0.629. The van der Waals surface area contributed by atoms with Gasteiger partial charge in [0.05, 0.1) is 22.2 Å². The lowest BCUT2D eigenvalue weighted by molar-refractivity contribution is -0.122. The van der Waals surface area contributed by atoms with Crippen molar-refractivity contribution < 1.29 is 24.1 Å². The summed E-state index contributed by atoms with van der Waals surface area (Å²) in [5.41, 5.74) is -0.0720. The lowest BCUT2D eigenvalue weighted by atomic mass is 9.96. The number of amides is 1. The molecule has 172 valence electrons. The van der Waals surface area contributed by atoms with Crippen LogP contribution in [-0.2, 0) is 11.3 Å². The minimum atomic E-state index is -0.959. The average molecular weight is 481 g/mol. The highest BCUT2D eigenvalue weighted by molar-refractivity contribution is 6.42. The van der Waals surface area contributed by atoms with Crippen LogP contribution in [0.5, 0.6) is 17.2 Å². The van der Waals surface area contributed by atoms with Crippen molar-refractivity contribution in [2.24, 2.45) is 0 Å². The van der Waals surface area contributed by atoms with Crippen molar-refractivity contribution >= 4 is 29.1 Å². The van der Waals surface area contributed by atoms with Crippen LogP contribution in [0, 0.1) is 0 Å². The molecule has 0 unspecified atom stereocenters. The zero-order chi connectivity index (χ0) is 22.6. The number of carbonyl (C=O) groups is 1. The second-order valence-corrected chi connectivity index (χ2v) is 8.96. The summed E-state index contributed by atoms with van der Waals surface area (Å²) in [5, 5.41) is 14.8. The van der Waals surface area contributed by atoms with Crippen molar-refractivity contribution in [1.82, 2.24) is 10.2 Å². The average Bonchev–Trinajstić information content (AvgIpc) is 3.19. The number of para-hydroxylation sites is 1. The molecule has 2 aromatic carbocycles. The minimum Gasteiger partial charge on any atom is -0.491 e. The fourth-order valence-electron chi connectivity index (χ4n) is 3.90. The number of hydrogen-bond acceptors (Lipinski definition) is 6. The molecule has 4 rings (SSSR count). The smallest absolute Gasteiger partial charge is 0.234 e. The number of rotatable bonds is 7. The Bertz CT molecular complexity index is 973. The molecule has 0 spiro atoms. The molecule has 1 atom stereocenters. The third kappa shape index (κ3) is 5.78. The van der Waals surface area contributed by atoms with Crippen molar-refractivity contribution in [1.29, 1.82) is 0 Å². The third-order valence-corrected chi connectivity index (χ3v) is 6.47. The molecule has 2 N–H and O–H groups in total. The van der Waals surface area contributed by atoms with Crippen LogP contribution in [0.4, 0.5) is 0 Å². The first-order valence-electron chi connectivity index (χ1n) is 10.6. The molecule has 0 bridgehead atoms. The Morgan fingerprint density at radius 2 is 2.03 bits per heavy atom. The highest BCUT2D eigenvalue weighted by Gasteiger charge is 2.31. The van der Waals surface area contributed by atoms with E-state index < -0.39 is 5.60 Å². The molecule has 0 aliphatic carbocycles. The molecule has 7 nitrogen and oxygen atoms in total. The van der Waals surface area contributed by atoms with E-state index in [1.165, 1.54) is 0 Å². The van der Waals surface area contributed by atoms with E-state index in [-0.39, 0.29) is 25.9 Å². The number of benzene rings is 2. The largest absolute Gasteiger partial charge is 0.491 e. The molecule has 1 amide bonds. The van der Waals surface area contributed by atoms with Crippen LogP contribution in [0.15, 0.2) is 36.4 Å². The van der Waals surface area contributed by atoms with Gasteiger partial charge in [-0.15, -0.1) is 0 Å². The second-order valence-electron chi connectivity index (χ2n) is 8.15. The van der Waals surface area contributed by atoms with Crippen LogP contribution >= 0.6 is 23.2 Å². The Morgan fingerprint density at radius 3 is 2.88 bits per heavy atom. The zero-order valence-corrected chi connectivity index (χ0v) is 19.1. The highest BCUT2D eigenvalue weighted by Crippen LogP contribution is 2.35. The number of fused-ring (bicyclic) bond motifs is 1. The van der Waals surface area contributed by atoms with Gasteiger partial charge in [-0.1, -0.05) is 35.3 Å². The molecule has 2 aliphatic rings. The number of ether oxygens (including phenoxy) is 3. The van der Waals surface area contributed by atoms with Gasteiger partial charge in [0.1, 0.15) is 12.4 Å². The normalized spacial score (nSPS) is 20.6. The van der Waals surface area contributed by atoms with Gasteiger partial charge < -0.3 is 24.6 Å². The molecular formula is C23H26Cl2N2O5. The Kier molecular flexibility index (Phi) is 7.30. The van der Waals surface area contributed by atoms with Crippen LogP contribution in [0.3, 0.4) is 0 Å². The SMILES string of the molecule is O=C(CN1CCC[C@@](O)(COc2ccc(Cl)c(Cl)c2)CC1)NCc1cccc2c1OCO2. The Morgan fingerprint density at radius 1 is 1.16 bits per heavy atom. The number of aliphatic hydroxyl groups is 1. The lowest BCUT2D eigenvalue weighted by Gasteiger charge is -2.27. The first kappa shape index (κ1) is 23.0. The van der Waals surface area contributed by atoms with Gasteiger partial charge in [-0.2, -0.15) is 0 Å². The first-order chi connectivity index (χ1) is 15.4. The van der Waals surface area contributed by atoms with Gasteiger partial charge in [0.25, 0.3) is 0 Å². The van der Waals surface area contributed by atoms with Crippen molar-refractivity contribution in [2.45, 2.75) is 31.4 Å². The van der Waals surface area contributed by atoms with Gasteiger partial charge >= 0.3 is 0 Å². The highest BCUT2D eigenvalue weighted by atomic mass is 35.5. The summed E-state index contributed by atoms with van der Waals surface area (Å²) in [6.45, 7) is 2.35. The van der Waals surface area contributed by atoms with E-state index in [1.54, 1.807) is 18.2 Å². The molecule has 2 aromatic rings. The fourth-order valence-corrected chi connectivity index (χ4v) is 4.19. The monoisotopic (exact) mass is 480 g/mol. The van der Waals surface area contributed by atoms with E-state index in [4.69, 9.17) is 37.4 Å². The lowest BCUT2D eigenvalue weighted by Crippen LogP contribution is -2.40. The molecule has 2 aliphatic heterocycles. The topological polar surface area (TPSA) is 80.3 Å². The van der Waals surface area contributed by atoms with Crippen molar-refractivity contribution in [3.63, 3.8) is 0 Å². The van der Waals surface area contributed by atoms with Gasteiger partial charge in [0.2, 0.25) is 12.7 Å². The van der Waals surface area contributed by atoms with Gasteiger partial charge in [0.15, 0.2) is 11.5 Å². The number of carbonyl (C=O) groups excluding carboxylic acids is 1. The van der Waals surface area contributed by atoms with Gasteiger partial charge in [-0.25, -0.2) is 0 Å². The first-order valence-corrected chi connectivity index (χ1v) is 11.3. The Labute approximate surface area is 197 Å². The minimum absolute atomic E-state index is 0.0704. The van der Waals surface area contributed by atoms with Crippen LogP contribution < -0.4 is 19.5 Å². The molecule has 0 radical (unpaired) electrons. The Balaban J connectivity index is 1.24. The third-order valence-electron chi connectivity index (χ3n) is 5.73. The second kappa shape index (κ2) is 10.2. The van der Waals surface area contributed by atoms with E-state index in [9.17, 15) is 9.90 Å². The van der Waals surface area contributed by atoms with E-state index in [2.05, 4.69) is 10.2 Å². The molecule has 9 heteroatoms. The van der Waals surface area contributed by atoms with Crippen LogP contribution in [0.25, 0.3) is 0 Å². The molecule has 0 saturated carbocycles. The summed E-state index contributed by atoms with van der Waals surface area (Å²) in [7, 11) is 0. The zero-order valence-electron chi connectivity index (χ0n) is 17.6. The predicted molar refractivity (Wildman–Crippen MR) is 122 cm³/mol. The van der Waals surface area contributed by atoms with E-state index >= 15 is 0 Å². The summed E-state index contributed by atoms with van der Waals surface area (Å²) < 4.78 is 16.6. The number of nitrogens with zero attached hydrogens (tertiary/aromatic N) is 1. The predicted octanol–water partition coefficient (Wildman–Crippen LogP) is 3.63. The van der Waals surface area contributed by atoms with Crippen LogP contribution in [0.1, 0.15) is 24.8 Å². The van der Waals surface area contributed by atoms with Gasteiger partial charge in [-0.3, -0.25) is 9.69 Å². The number of nitrogens with one attached hydrogen (secondary N) is 1. The van der Waals surface area contributed by atoms with Crippen molar-refractivity contribution in [2.75, 3.05) is 33.0 Å². The number of likely N-dealkylation sites (tertiary alicyclic amines) is 1. The maximum Gasteiger partial charge on any atom is 0.234 e. The summed E-state index contributed by atoms with van der Waals surface area (Å²) in [4.78, 5) is 14.6. The van der Waals surface area contributed by atoms with E-state index in [1.807, 2.05) is 18.2 Å². The van der Waals surface area contributed by atoms with Crippen LogP contribution in [0.2, 0.25) is 10.0 Å². The summed E-state index contributed by atoms with van der Waals surface area (Å²) >= 11 is 12.0. The standard InChI is InChI=1S/C23H26Cl2N2O5/c24-18-6-5-17(11-19(18)25)30-14-23(29)7-2-9-27(10-8-23)13-21(28)26-12-16-3-1-4-20-22(16)32-15-31-20/h1,3-6,11,29H,2,7-10,12-15H2,(H,26,28)/t23-/m0/s1. The number of halogens is 2. The maximum absolute atomic E-state index is 12.5. The van der Waals surface area contributed by atoms with Crippen molar-refractivity contribution in [3.05, 3.63) is 52.0 Å². The van der Waals surface area contributed by atoms with Crippen molar-refractivity contribution in [3.8, 4) is 17.2 Å². The molecule has 1 fully saturated rings. The molecule has 1 saturated heterocycles. The summed E-state index contributed by atoms with van der Waals surface area (Å²) in [6.07, 6.45) is 1.88. The van der Waals surface area contributed by atoms with Gasteiger partial charge in [-0.05, 0) is 44.0 Å².